The summed E-state index contributed by atoms with van der Waals surface area (Å²) in [5, 5.41) is 3.37. The van der Waals surface area contributed by atoms with Crippen LogP contribution in [-0.2, 0) is 6.54 Å². The van der Waals surface area contributed by atoms with Crippen molar-refractivity contribution in [1.29, 1.82) is 0 Å². The first-order chi connectivity index (χ1) is 12.0. The summed E-state index contributed by atoms with van der Waals surface area (Å²) < 4.78 is 26.9. The number of rotatable bonds is 6. The second kappa shape index (κ2) is 7.11. The lowest BCUT2D eigenvalue weighted by Gasteiger charge is -2.17. The van der Waals surface area contributed by atoms with Crippen molar-refractivity contribution >= 4 is 5.65 Å². The molecule has 0 unspecified atom stereocenters. The van der Waals surface area contributed by atoms with Crippen molar-refractivity contribution in [2.75, 3.05) is 14.2 Å². The summed E-state index contributed by atoms with van der Waals surface area (Å²) in [7, 11) is 3.03. The van der Waals surface area contributed by atoms with Crippen molar-refractivity contribution in [2.45, 2.75) is 26.4 Å². The average molecular weight is 343 g/mol. The van der Waals surface area contributed by atoms with E-state index in [-0.39, 0.29) is 11.9 Å². The molecule has 2 heterocycles. The first kappa shape index (κ1) is 17.2. The first-order valence-corrected chi connectivity index (χ1v) is 8.12. The Labute approximate surface area is 146 Å². The number of aromatic nitrogens is 2. The number of hydrogen-bond acceptors (Lipinski definition) is 4. The van der Waals surface area contributed by atoms with Gasteiger partial charge in [-0.2, -0.15) is 0 Å². The minimum atomic E-state index is -0.326. The molecule has 1 N–H and O–H groups in total. The van der Waals surface area contributed by atoms with Crippen LogP contribution in [0, 0.1) is 12.7 Å². The molecule has 0 radical (unpaired) electrons. The molecule has 0 aliphatic heterocycles. The average Bonchev–Trinajstić information content (AvgIpc) is 2.94. The van der Waals surface area contributed by atoms with Crippen molar-refractivity contribution < 1.29 is 13.9 Å². The molecule has 0 bridgehead atoms. The van der Waals surface area contributed by atoms with Crippen LogP contribution in [0.25, 0.3) is 5.65 Å². The topological polar surface area (TPSA) is 47.8 Å². The Morgan fingerprint density at radius 3 is 2.64 bits per heavy atom. The summed E-state index contributed by atoms with van der Waals surface area (Å²) in [6.45, 7) is 4.47. The van der Waals surface area contributed by atoms with E-state index in [0.717, 1.165) is 17.0 Å². The maximum atomic E-state index is 14.4. The number of fused-ring (bicyclic) bond motifs is 1. The molecule has 2 aromatic heterocycles. The summed E-state index contributed by atoms with van der Waals surface area (Å²) in [6, 6.07) is 8.72. The van der Waals surface area contributed by atoms with Crippen LogP contribution in [0.15, 0.2) is 36.5 Å². The SMILES string of the molecule is COc1cc(F)c([C@H](C)NCc2c(C)nc3ccccn23)cc1OC. The predicted molar refractivity (Wildman–Crippen MR) is 94.7 cm³/mol. The second-order valence-electron chi connectivity index (χ2n) is 5.90. The highest BCUT2D eigenvalue weighted by molar-refractivity contribution is 5.45. The third-order valence-electron chi connectivity index (χ3n) is 4.37. The number of nitrogens with zero attached hydrogens (tertiary/aromatic N) is 2. The Bertz CT molecular complexity index is 892. The smallest absolute Gasteiger partial charge is 0.163 e. The third kappa shape index (κ3) is 3.30. The maximum absolute atomic E-state index is 14.4. The van der Waals surface area contributed by atoms with E-state index < -0.39 is 0 Å². The molecule has 5 nitrogen and oxygen atoms in total. The molecule has 1 atom stereocenters. The number of aryl methyl sites for hydroxylation is 1. The van der Waals surface area contributed by atoms with Crippen LogP contribution in [0.2, 0.25) is 0 Å². The third-order valence-corrected chi connectivity index (χ3v) is 4.37. The van der Waals surface area contributed by atoms with Crippen molar-refractivity contribution in [1.82, 2.24) is 14.7 Å². The fourth-order valence-corrected chi connectivity index (χ4v) is 2.94. The molecule has 25 heavy (non-hydrogen) atoms. The summed E-state index contributed by atoms with van der Waals surface area (Å²) in [4.78, 5) is 4.54. The maximum Gasteiger partial charge on any atom is 0.163 e. The number of methoxy groups -OCH3 is 2. The first-order valence-electron chi connectivity index (χ1n) is 8.12. The molecule has 0 saturated heterocycles. The molecule has 0 amide bonds. The van der Waals surface area contributed by atoms with E-state index in [0.29, 0.717) is 23.6 Å². The van der Waals surface area contributed by atoms with Crippen LogP contribution in [-0.4, -0.2) is 23.6 Å². The monoisotopic (exact) mass is 343 g/mol. The van der Waals surface area contributed by atoms with E-state index >= 15 is 0 Å². The molecule has 0 fully saturated rings. The molecule has 0 spiro atoms. The number of imidazole rings is 1. The largest absolute Gasteiger partial charge is 0.493 e. The Morgan fingerprint density at radius 1 is 1.20 bits per heavy atom. The molecule has 3 rings (SSSR count). The minimum absolute atomic E-state index is 0.200. The zero-order valence-corrected chi connectivity index (χ0v) is 14.8. The van der Waals surface area contributed by atoms with Gasteiger partial charge in [0.1, 0.15) is 11.5 Å². The van der Waals surface area contributed by atoms with Crippen molar-refractivity contribution in [3.05, 3.63) is 59.3 Å². The van der Waals surface area contributed by atoms with Gasteiger partial charge in [-0.15, -0.1) is 0 Å². The zero-order valence-electron chi connectivity index (χ0n) is 14.8. The molecule has 1 aromatic carbocycles. The van der Waals surface area contributed by atoms with E-state index in [1.54, 1.807) is 13.2 Å². The van der Waals surface area contributed by atoms with E-state index in [9.17, 15) is 4.39 Å². The number of halogens is 1. The summed E-state index contributed by atoms with van der Waals surface area (Å²) in [5.41, 5.74) is 3.45. The van der Waals surface area contributed by atoms with Gasteiger partial charge in [0.25, 0.3) is 0 Å². The van der Waals surface area contributed by atoms with Crippen LogP contribution < -0.4 is 14.8 Å². The van der Waals surface area contributed by atoms with E-state index in [4.69, 9.17) is 9.47 Å². The molecule has 6 heteroatoms. The van der Waals surface area contributed by atoms with Crippen LogP contribution in [0.5, 0.6) is 11.5 Å². The fraction of sp³-hybridized carbons (Fsp3) is 0.316. The van der Waals surface area contributed by atoms with Gasteiger partial charge >= 0.3 is 0 Å². The van der Waals surface area contributed by atoms with Crippen LogP contribution >= 0.6 is 0 Å². The number of pyridine rings is 1. The Hall–Kier alpha value is -2.60. The standard InChI is InChI=1S/C19H22FN3O2/c1-12(14-9-17(24-3)18(25-4)10-15(14)20)21-11-16-13(2)22-19-7-5-6-8-23(16)19/h5-10,12,21H,11H2,1-4H3/t12-/m0/s1. The van der Waals surface area contributed by atoms with Crippen LogP contribution in [0.3, 0.4) is 0 Å². The summed E-state index contributed by atoms with van der Waals surface area (Å²) >= 11 is 0. The summed E-state index contributed by atoms with van der Waals surface area (Å²) in [6.07, 6.45) is 1.98. The normalized spacial score (nSPS) is 12.4. The van der Waals surface area contributed by atoms with Gasteiger partial charge in [0, 0.05) is 30.4 Å². The van der Waals surface area contributed by atoms with Gasteiger partial charge in [-0.05, 0) is 32.0 Å². The highest BCUT2D eigenvalue weighted by Gasteiger charge is 2.17. The van der Waals surface area contributed by atoms with Crippen molar-refractivity contribution in [3.63, 3.8) is 0 Å². The number of ether oxygens (including phenoxy) is 2. The zero-order chi connectivity index (χ0) is 18.0. The highest BCUT2D eigenvalue weighted by Crippen LogP contribution is 2.32. The van der Waals surface area contributed by atoms with E-state index in [1.807, 2.05) is 42.6 Å². The number of hydrogen-bond donors (Lipinski definition) is 1. The lowest BCUT2D eigenvalue weighted by Crippen LogP contribution is -2.20. The lowest BCUT2D eigenvalue weighted by molar-refractivity contribution is 0.350. The van der Waals surface area contributed by atoms with Gasteiger partial charge < -0.3 is 19.2 Å². The van der Waals surface area contributed by atoms with Crippen LogP contribution in [0.1, 0.15) is 29.9 Å². The lowest BCUT2D eigenvalue weighted by atomic mass is 10.1. The van der Waals surface area contributed by atoms with Gasteiger partial charge in [0.05, 0.1) is 25.6 Å². The molecule has 3 aromatic rings. The van der Waals surface area contributed by atoms with Gasteiger partial charge in [0.2, 0.25) is 0 Å². The van der Waals surface area contributed by atoms with Crippen LogP contribution in [0.4, 0.5) is 4.39 Å². The molecule has 132 valence electrons. The summed E-state index contributed by atoms with van der Waals surface area (Å²) in [5.74, 6) is 0.569. The van der Waals surface area contributed by atoms with Gasteiger partial charge in [-0.25, -0.2) is 9.37 Å². The molecule has 0 aliphatic carbocycles. The molecular formula is C19H22FN3O2. The second-order valence-corrected chi connectivity index (χ2v) is 5.90. The van der Waals surface area contributed by atoms with Gasteiger partial charge in [-0.1, -0.05) is 6.07 Å². The Balaban J connectivity index is 1.83. The predicted octanol–water partition coefficient (Wildman–Crippen LogP) is 3.65. The van der Waals surface area contributed by atoms with Gasteiger partial charge in [-0.3, -0.25) is 0 Å². The van der Waals surface area contributed by atoms with E-state index in [2.05, 4.69) is 10.3 Å². The number of nitrogens with one attached hydrogen (secondary N) is 1. The van der Waals surface area contributed by atoms with E-state index in [1.165, 1.54) is 13.2 Å². The van der Waals surface area contributed by atoms with Crippen molar-refractivity contribution in [2.24, 2.45) is 0 Å². The number of benzene rings is 1. The Morgan fingerprint density at radius 2 is 1.92 bits per heavy atom. The molecular weight excluding hydrogens is 321 g/mol. The highest BCUT2D eigenvalue weighted by atomic mass is 19.1. The fourth-order valence-electron chi connectivity index (χ4n) is 2.94. The minimum Gasteiger partial charge on any atom is -0.493 e. The van der Waals surface area contributed by atoms with Crippen molar-refractivity contribution in [3.8, 4) is 11.5 Å². The molecule has 0 saturated carbocycles. The molecule has 0 aliphatic rings. The van der Waals surface area contributed by atoms with Gasteiger partial charge in [0.15, 0.2) is 11.5 Å². The quantitative estimate of drug-likeness (QED) is 0.742. The Kier molecular flexibility index (Phi) is 4.90.